The van der Waals surface area contributed by atoms with Crippen molar-refractivity contribution in [3.05, 3.63) is 21.9 Å². The third-order valence-electron chi connectivity index (χ3n) is 4.43. The molecule has 1 aromatic heterocycles. The van der Waals surface area contributed by atoms with Crippen molar-refractivity contribution in [2.45, 2.75) is 38.1 Å². The van der Waals surface area contributed by atoms with E-state index in [1.165, 1.54) is 0 Å². The van der Waals surface area contributed by atoms with E-state index in [-0.39, 0.29) is 0 Å². The van der Waals surface area contributed by atoms with Crippen LogP contribution in [-0.2, 0) is 21.5 Å². The molecule has 2 aliphatic rings. The van der Waals surface area contributed by atoms with E-state index < -0.39 is 36.0 Å². The molecule has 6 amide bonds. The van der Waals surface area contributed by atoms with Crippen molar-refractivity contribution in [3.8, 4) is 0 Å². The average Bonchev–Trinajstić information content (AvgIpc) is 3.14. The molecule has 25 heavy (non-hydrogen) atoms. The van der Waals surface area contributed by atoms with Crippen LogP contribution in [0.4, 0.5) is 9.59 Å². The first-order valence-corrected chi connectivity index (χ1v) is 9.14. The molecule has 3 N–H and O–H groups in total. The Balaban J connectivity index is 1.71. The first-order chi connectivity index (χ1) is 12.0. The lowest BCUT2D eigenvalue weighted by Gasteiger charge is -2.31. The van der Waals surface area contributed by atoms with Gasteiger partial charge in [0.15, 0.2) is 0 Å². The molecule has 1 aromatic rings. The maximum atomic E-state index is 12.9. The van der Waals surface area contributed by atoms with Crippen LogP contribution in [0.3, 0.4) is 0 Å². The largest absolute Gasteiger partial charge is 0.338 e. The van der Waals surface area contributed by atoms with Crippen molar-refractivity contribution in [2.24, 2.45) is 0 Å². The smallest absolute Gasteiger partial charge is 0.325 e. The molecular formula is C16H20N4O4S. The molecular weight excluding hydrogens is 344 g/mol. The van der Waals surface area contributed by atoms with E-state index in [0.717, 1.165) is 34.6 Å². The van der Waals surface area contributed by atoms with Crippen LogP contribution in [0.2, 0.25) is 0 Å². The second-order valence-corrected chi connectivity index (χ2v) is 7.14. The molecule has 0 radical (unpaired) electrons. The normalized spacial score (nSPS) is 21.9. The molecule has 8 nitrogen and oxygen atoms in total. The molecule has 3 rings (SSSR count). The minimum absolute atomic E-state index is 0.430. The van der Waals surface area contributed by atoms with Gasteiger partial charge in [-0.2, -0.15) is 0 Å². The van der Waals surface area contributed by atoms with Gasteiger partial charge in [0.1, 0.15) is 12.1 Å². The fourth-order valence-corrected chi connectivity index (χ4v) is 4.28. The number of carbonyl (C=O) groups excluding carboxylic acids is 4. The Labute approximate surface area is 148 Å². The van der Waals surface area contributed by atoms with Crippen LogP contribution in [0.1, 0.15) is 36.6 Å². The monoisotopic (exact) mass is 364 g/mol. The van der Waals surface area contributed by atoms with Gasteiger partial charge in [0.25, 0.3) is 5.91 Å². The summed E-state index contributed by atoms with van der Waals surface area (Å²) in [6, 6.07) is 0.624. The Morgan fingerprint density at radius 1 is 1.40 bits per heavy atom. The van der Waals surface area contributed by atoms with E-state index in [1.807, 2.05) is 18.4 Å². The highest BCUT2D eigenvalue weighted by molar-refractivity contribution is 7.10. The summed E-state index contributed by atoms with van der Waals surface area (Å²) in [5.74, 6) is -1.13. The summed E-state index contributed by atoms with van der Waals surface area (Å²) >= 11 is 1.57. The summed E-state index contributed by atoms with van der Waals surface area (Å²) < 4.78 is 0. The molecule has 0 saturated carbocycles. The Bertz CT molecular complexity index is 731. The fourth-order valence-electron chi connectivity index (χ4n) is 3.28. The third-order valence-corrected chi connectivity index (χ3v) is 5.41. The molecule has 1 fully saturated rings. The number of fused-ring (bicyclic) bond motifs is 2. The molecule has 1 saturated heterocycles. The summed E-state index contributed by atoms with van der Waals surface area (Å²) in [6.45, 7) is 1.84. The molecule has 2 heterocycles. The summed E-state index contributed by atoms with van der Waals surface area (Å²) in [5.41, 5.74) is -0.249. The average molecular weight is 364 g/mol. The van der Waals surface area contributed by atoms with Gasteiger partial charge in [0.05, 0.1) is 0 Å². The summed E-state index contributed by atoms with van der Waals surface area (Å²) in [6.07, 6.45) is 2.92. The molecule has 0 bridgehead atoms. The second kappa shape index (κ2) is 6.83. The highest BCUT2D eigenvalue weighted by Crippen LogP contribution is 2.41. The van der Waals surface area contributed by atoms with Crippen molar-refractivity contribution in [1.29, 1.82) is 0 Å². The summed E-state index contributed by atoms with van der Waals surface area (Å²) in [7, 11) is 0. The lowest BCUT2D eigenvalue weighted by molar-refractivity contribution is -0.135. The van der Waals surface area contributed by atoms with E-state index in [4.69, 9.17) is 0 Å². The molecule has 0 aromatic carbocycles. The number of hydrogen-bond acceptors (Lipinski definition) is 5. The molecule has 1 spiro atoms. The van der Waals surface area contributed by atoms with Gasteiger partial charge in [-0.1, -0.05) is 6.92 Å². The lowest BCUT2D eigenvalue weighted by atomic mass is 9.80. The van der Waals surface area contributed by atoms with Crippen LogP contribution in [0.15, 0.2) is 11.4 Å². The van der Waals surface area contributed by atoms with Gasteiger partial charge in [0, 0.05) is 17.0 Å². The number of nitrogens with one attached hydrogen (secondary N) is 3. The molecule has 1 atom stereocenters. The van der Waals surface area contributed by atoms with Gasteiger partial charge >= 0.3 is 12.1 Å². The number of thiophene rings is 1. The predicted octanol–water partition coefficient (Wildman–Crippen LogP) is 1.07. The zero-order valence-corrected chi connectivity index (χ0v) is 14.7. The maximum absolute atomic E-state index is 12.9. The first-order valence-electron chi connectivity index (χ1n) is 8.26. The molecule has 1 aliphatic heterocycles. The summed E-state index contributed by atoms with van der Waals surface area (Å²) in [4.78, 5) is 50.7. The number of urea groups is 2. The molecule has 9 heteroatoms. The topological polar surface area (TPSA) is 108 Å². The number of amides is 6. The summed E-state index contributed by atoms with van der Waals surface area (Å²) in [5, 5.41) is 9.31. The van der Waals surface area contributed by atoms with Gasteiger partial charge < -0.3 is 10.6 Å². The molecule has 0 unspecified atom stereocenters. The van der Waals surface area contributed by atoms with E-state index in [1.54, 1.807) is 11.3 Å². The zero-order chi connectivity index (χ0) is 18.0. The fraction of sp³-hybridized carbons (Fsp3) is 0.500. The van der Waals surface area contributed by atoms with Crippen molar-refractivity contribution in [1.82, 2.24) is 20.9 Å². The number of nitrogens with zero attached hydrogens (tertiary/aromatic N) is 1. The first kappa shape index (κ1) is 17.4. The van der Waals surface area contributed by atoms with Gasteiger partial charge in [-0.05, 0) is 37.1 Å². The van der Waals surface area contributed by atoms with Crippen molar-refractivity contribution in [2.75, 3.05) is 13.1 Å². The van der Waals surface area contributed by atoms with Crippen LogP contribution in [-0.4, -0.2) is 41.9 Å². The number of carbonyl (C=O) groups is 4. The number of rotatable bonds is 4. The molecule has 1 aliphatic carbocycles. The SMILES string of the molecule is CCCNC(=O)NC(=O)CN1C(=O)N[C@]2(CCCc3sccc32)C1=O. The quantitative estimate of drug-likeness (QED) is 0.695. The second-order valence-electron chi connectivity index (χ2n) is 6.14. The number of aryl methyl sites for hydroxylation is 1. The Morgan fingerprint density at radius 3 is 2.96 bits per heavy atom. The van der Waals surface area contributed by atoms with E-state index in [9.17, 15) is 19.2 Å². The van der Waals surface area contributed by atoms with Crippen LogP contribution >= 0.6 is 11.3 Å². The lowest BCUT2D eigenvalue weighted by Crippen LogP contribution is -2.48. The van der Waals surface area contributed by atoms with Gasteiger partial charge in [-0.3, -0.25) is 19.8 Å². The number of hydrogen-bond donors (Lipinski definition) is 3. The minimum atomic E-state index is -1.07. The van der Waals surface area contributed by atoms with Crippen molar-refractivity contribution >= 4 is 35.2 Å². The van der Waals surface area contributed by atoms with Gasteiger partial charge in [-0.15, -0.1) is 11.3 Å². The van der Waals surface area contributed by atoms with Crippen LogP contribution in [0.5, 0.6) is 0 Å². The van der Waals surface area contributed by atoms with Crippen molar-refractivity contribution in [3.63, 3.8) is 0 Å². The Morgan fingerprint density at radius 2 is 2.20 bits per heavy atom. The van der Waals surface area contributed by atoms with Crippen LogP contribution < -0.4 is 16.0 Å². The van der Waals surface area contributed by atoms with Gasteiger partial charge in [-0.25, -0.2) is 9.59 Å². The number of imide groups is 2. The standard InChI is InChI=1S/C16H20N4O4S/c1-2-7-17-14(23)18-12(21)9-20-13(22)16(19-15(20)24)6-3-4-11-10(16)5-8-25-11/h5,8H,2-4,6-7,9H2,1H3,(H,19,24)(H2,17,18,21,23)/t16-/m0/s1. The van der Waals surface area contributed by atoms with E-state index in [2.05, 4.69) is 16.0 Å². The molecule has 134 valence electrons. The minimum Gasteiger partial charge on any atom is -0.338 e. The Hall–Kier alpha value is -2.42. The van der Waals surface area contributed by atoms with E-state index in [0.29, 0.717) is 13.0 Å². The maximum Gasteiger partial charge on any atom is 0.325 e. The van der Waals surface area contributed by atoms with Crippen LogP contribution in [0.25, 0.3) is 0 Å². The highest BCUT2D eigenvalue weighted by Gasteiger charge is 2.54. The van der Waals surface area contributed by atoms with Crippen LogP contribution in [0, 0.1) is 0 Å². The Kier molecular flexibility index (Phi) is 4.76. The highest BCUT2D eigenvalue weighted by atomic mass is 32.1. The third kappa shape index (κ3) is 3.11. The zero-order valence-electron chi connectivity index (χ0n) is 13.9. The predicted molar refractivity (Wildman–Crippen MR) is 91.0 cm³/mol. The van der Waals surface area contributed by atoms with Crippen molar-refractivity contribution < 1.29 is 19.2 Å². The van der Waals surface area contributed by atoms with E-state index >= 15 is 0 Å². The van der Waals surface area contributed by atoms with Gasteiger partial charge in [0.2, 0.25) is 5.91 Å².